The number of alkyl carbamates (subject to hydrolysis) is 1. The molecule has 2 aliphatic heterocycles. The van der Waals surface area contributed by atoms with E-state index in [1.807, 2.05) is 4.90 Å². The predicted molar refractivity (Wildman–Crippen MR) is 113 cm³/mol. The minimum atomic E-state index is -0.418. The van der Waals surface area contributed by atoms with Crippen molar-refractivity contribution in [2.75, 3.05) is 31.2 Å². The van der Waals surface area contributed by atoms with Crippen molar-refractivity contribution < 1.29 is 14.3 Å². The summed E-state index contributed by atoms with van der Waals surface area (Å²) in [4.78, 5) is 25.9. The topological polar surface area (TPSA) is 109 Å². The number of hydrogen-bond acceptors (Lipinski definition) is 7. The Balaban J connectivity index is 1.17. The van der Waals surface area contributed by atoms with Crippen molar-refractivity contribution in [1.29, 1.82) is 0 Å². The largest absolute Gasteiger partial charge is 0.444 e. The van der Waals surface area contributed by atoms with Crippen molar-refractivity contribution in [1.82, 2.24) is 20.8 Å². The molecule has 0 spiro atoms. The number of carbonyl (C=O) groups is 1. The molecule has 4 rings (SSSR count). The molecule has 3 N–H and O–H groups in total. The first-order chi connectivity index (χ1) is 14.6. The van der Waals surface area contributed by atoms with Crippen molar-refractivity contribution in [3.05, 3.63) is 21.6 Å². The molecule has 1 amide bonds. The van der Waals surface area contributed by atoms with Gasteiger partial charge >= 0.3 is 6.09 Å². The number of rotatable bonds is 5. The van der Waals surface area contributed by atoms with Crippen LogP contribution in [0.1, 0.15) is 44.9 Å². The normalized spacial score (nSPS) is 27.8. The van der Waals surface area contributed by atoms with E-state index in [1.54, 1.807) is 0 Å². The smallest absolute Gasteiger partial charge is 0.407 e. The first-order valence-electron chi connectivity index (χ1n) is 10.9. The van der Waals surface area contributed by atoms with Crippen LogP contribution in [-0.2, 0) is 9.47 Å². The van der Waals surface area contributed by atoms with Crippen molar-refractivity contribution >= 4 is 23.4 Å². The van der Waals surface area contributed by atoms with Crippen molar-refractivity contribution in [2.24, 2.45) is 0 Å². The SMILES string of the molecule is O=C(N[C@H]1CC[C@@H](NC2CCOCC2)CC1)O[C@@H]1CCN(c2cn[nH]c(=O)c2Cl)C1. The Morgan fingerprint density at radius 2 is 1.83 bits per heavy atom. The Labute approximate surface area is 180 Å². The highest BCUT2D eigenvalue weighted by atomic mass is 35.5. The standard InChI is InChI=1S/C20H30ClN5O4/c21-18-17(11-22-25-19(18)27)26-8-5-16(12-26)30-20(28)24-14-3-1-13(2-4-14)23-15-6-9-29-10-7-15/h11,13-16,23H,1-10,12H2,(H,24,28)(H,25,27)/t13-,14+,16-/m1/s1. The summed E-state index contributed by atoms with van der Waals surface area (Å²) in [6.07, 6.45) is 7.84. The Morgan fingerprint density at radius 3 is 2.60 bits per heavy atom. The molecule has 2 saturated heterocycles. The number of ether oxygens (including phenoxy) is 2. The zero-order chi connectivity index (χ0) is 20.9. The van der Waals surface area contributed by atoms with Crippen LogP contribution in [0.5, 0.6) is 0 Å². The average molecular weight is 440 g/mol. The lowest BCUT2D eigenvalue weighted by molar-refractivity contribution is 0.0720. The summed E-state index contributed by atoms with van der Waals surface area (Å²) in [7, 11) is 0. The summed E-state index contributed by atoms with van der Waals surface area (Å²) < 4.78 is 11.0. The van der Waals surface area contributed by atoms with E-state index >= 15 is 0 Å². The van der Waals surface area contributed by atoms with Crippen molar-refractivity contribution in [3.8, 4) is 0 Å². The molecule has 166 valence electrons. The summed E-state index contributed by atoms with van der Waals surface area (Å²) in [6, 6.07) is 1.25. The monoisotopic (exact) mass is 439 g/mol. The number of aromatic nitrogens is 2. The molecule has 0 aromatic carbocycles. The minimum Gasteiger partial charge on any atom is -0.444 e. The third-order valence-electron chi connectivity index (χ3n) is 6.28. The van der Waals surface area contributed by atoms with E-state index in [9.17, 15) is 9.59 Å². The molecular weight excluding hydrogens is 410 g/mol. The van der Waals surface area contributed by atoms with E-state index in [0.717, 1.165) is 51.7 Å². The first kappa shape index (κ1) is 21.4. The van der Waals surface area contributed by atoms with Crippen LogP contribution in [0.4, 0.5) is 10.5 Å². The van der Waals surface area contributed by atoms with Crippen molar-refractivity contribution in [3.63, 3.8) is 0 Å². The summed E-state index contributed by atoms with van der Waals surface area (Å²) in [5.74, 6) is 0. The Bertz CT molecular complexity index is 777. The maximum Gasteiger partial charge on any atom is 0.407 e. The van der Waals surface area contributed by atoms with Gasteiger partial charge in [0, 0.05) is 44.3 Å². The highest BCUT2D eigenvalue weighted by Crippen LogP contribution is 2.26. The van der Waals surface area contributed by atoms with Gasteiger partial charge in [-0.2, -0.15) is 5.10 Å². The molecule has 1 aromatic rings. The summed E-state index contributed by atoms with van der Waals surface area (Å²) in [5, 5.41) is 13.0. The zero-order valence-electron chi connectivity index (χ0n) is 17.1. The fourth-order valence-corrected chi connectivity index (χ4v) is 4.80. The second-order valence-corrected chi connectivity index (χ2v) is 8.78. The summed E-state index contributed by atoms with van der Waals surface area (Å²) in [5.41, 5.74) is 0.153. The van der Waals surface area contributed by atoms with Crippen LogP contribution in [0.15, 0.2) is 11.0 Å². The average Bonchev–Trinajstić information content (AvgIpc) is 3.20. The molecular formula is C20H30ClN5O4. The number of carbonyl (C=O) groups excluding carboxylic acids is 1. The van der Waals surface area contributed by atoms with Gasteiger partial charge in [-0.05, 0) is 38.5 Å². The van der Waals surface area contributed by atoms with E-state index in [-0.39, 0.29) is 23.3 Å². The third kappa shape index (κ3) is 5.44. The van der Waals surface area contributed by atoms with Crippen LogP contribution >= 0.6 is 11.6 Å². The second kappa shape index (κ2) is 9.98. The summed E-state index contributed by atoms with van der Waals surface area (Å²) in [6.45, 7) is 2.86. The molecule has 3 fully saturated rings. The van der Waals surface area contributed by atoms with Gasteiger partial charge in [-0.3, -0.25) is 4.79 Å². The molecule has 30 heavy (non-hydrogen) atoms. The molecule has 1 saturated carbocycles. The van der Waals surface area contributed by atoms with Crippen LogP contribution < -0.4 is 21.1 Å². The van der Waals surface area contributed by atoms with Gasteiger partial charge in [-0.1, -0.05) is 11.6 Å². The highest BCUT2D eigenvalue weighted by molar-refractivity contribution is 6.33. The Kier molecular flexibility index (Phi) is 7.12. The maximum atomic E-state index is 12.4. The second-order valence-electron chi connectivity index (χ2n) is 8.41. The Morgan fingerprint density at radius 1 is 1.13 bits per heavy atom. The molecule has 0 radical (unpaired) electrons. The third-order valence-corrected chi connectivity index (χ3v) is 6.64. The van der Waals surface area contributed by atoms with Gasteiger partial charge in [0.25, 0.3) is 5.56 Å². The molecule has 0 unspecified atom stereocenters. The van der Waals surface area contributed by atoms with Gasteiger partial charge < -0.3 is 25.0 Å². The number of H-pyrrole nitrogens is 1. The van der Waals surface area contributed by atoms with E-state index in [4.69, 9.17) is 21.1 Å². The molecule has 3 heterocycles. The lowest BCUT2D eigenvalue weighted by Gasteiger charge is -2.33. The highest BCUT2D eigenvalue weighted by Gasteiger charge is 2.30. The maximum absolute atomic E-state index is 12.4. The molecule has 1 aromatic heterocycles. The van der Waals surface area contributed by atoms with E-state index in [1.165, 1.54) is 6.20 Å². The first-order valence-corrected chi connectivity index (χ1v) is 11.3. The van der Waals surface area contributed by atoms with Crippen LogP contribution in [-0.4, -0.2) is 66.8 Å². The number of aromatic amines is 1. The summed E-state index contributed by atoms with van der Waals surface area (Å²) >= 11 is 6.07. The number of hydrogen-bond donors (Lipinski definition) is 3. The van der Waals surface area contributed by atoms with Crippen molar-refractivity contribution in [2.45, 2.75) is 69.2 Å². The lowest BCUT2D eigenvalue weighted by atomic mass is 9.90. The number of amides is 1. The Hall–Kier alpha value is -1.84. The number of anilines is 1. The quantitative estimate of drug-likeness (QED) is 0.641. The van der Waals surface area contributed by atoms with Gasteiger partial charge in [0.1, 0.15) is 11.1 Å². The van der Waals surface area contributed by atoms with E-state index < -0.39 is 5.56 Å². The van der Waals surface area contributed by atoms with Crippen LogP contribution in [0, 0.1) is 0 Å². The van der Waals surface area contributed by atoms with E-state index in [0.29, 0.717) is 37.3 Å². The van der Waals surface area contributed by atoms with E-state index in [2.05, 4.69) is 20.8 Å². The van der Waals surface area contributed by atoms with Gasteiger partial charge in [0.05, 0.1) is 18.4 Å². The van der Waals surface area contributed by atoms with Crippen LogP contribution in [0.2, 0.25) is 5.02 Å². The molecule has 10 heteroatoms. The number of halogens is 1. The number of nitrogens with one attached hydrogen (secondary N) is 3. The predicted octanol–water partition coefficient (Wildman–Crippen LogP) is 1.81. The fraction of sp³-hybridized carbons (Fsp3) is 0.750. The molecule has 3 aliphatic rings. The fourth-order valence-electron chi connectivity index (χ4n) is 4.59. The van der Waals surface area contributed by atoms with Gasteiger partial charge in [0.15, 0.2) is 0 Å². The van der Waals surface area contributed by atoms with Gasteiger partial charge in [-0.25, -0.2) is 9.89 Å². The lowest BCUT2D eigenvalue weighted by Crippen LogP contribution is -2.47. The minimum absolute atomic E-state index is 0.112. The number of nitrogens with zero attached hydrogens (tertiary/aromatic N) is 2. The van der Waals surface area contributed by atoms with Crippen LogP contribution in [0.25, 0.3) is 0 Å². The zero-order valence-corrected chi connectivity index (χ0v) is 17.8. The van der Waals surface area contributed by atoms with Gasteiger partial charge in [0.2, 0.25) is 0 Å². The van der Waals surface area contributed by atoms with Crippen LogP contribution in [0.3, 0.4) is 0 Å². The molecule has 1 aliphatic carbocycles. The molecule has 9 nitrogen and oxygen atoms in total. The van der Waals surface area contributed by atoms with Gasteiger partial charge in [-0.15, -0.1) is 0 Å². The molecule has 1 atom stereocenters. The molecule has 0 bridgehead atoms.